The monoisotopic (exact) mass is 251 g/mol. The van der Waals surface area contributed by atoms with Crippen molar-refractivity contribution < 1.29 is 4.39 Å². The average molecular weight is 251 g/mol. The summed E-state index contributed by atoms with van der Waals surface area (Å²) in [6, 6.07) is 5.12. The highest BCUT2D eigenvalue weighted by Crippen LogP contribution is 2.09. The number of aryl methyl sites for hydroxylation is 1. The predicted molar refractivity (Wildman–Crippen MR) is 73.9 cm³/mol. The molecule has 1 aromatic carbocycles. The van der Waals surface area contributed by atoms with Crippen LogP contribution in [0, 0.1) is 18.7 Å². The van der Waals surface area contributed by atoms with E-state index in [1.165, 1.54) is 6.07 Å². The molecule has 0 saturated carbocycles. The van der Waals surface area contributed by atoms with Gasteiger partial charge in [-0.05, 0) is 36.5 Å². The average Bonchev–Trinajstić information content (AvgIpc) is 2.30. The maximum atomic E-state index is 13.3. The minimum atomic E-state index is -0.200. The molecule has 4 heteroatoms. The van der Waals surface area contributed by atoms with Crippen molar-refractivity contribution >= 4 is 5.96 Å². The van der Waals surface area contributed by atoms with Gasteiger partial charge < -0.3 is 11.1 Å². The summed E-state index contributed by atoms with van der Waals surface area (Å²) in [6.07, 6.45) is 1.05. The second-order valence-corrected chi connectivity index (χ2v) is 4.89. The third-order valence-electron chi connectivity index (χ3n) is 2.70. The van der Waals surface area contributed by atoms with Gasteiger partial charge in [0.2, 0.25) is 0 Å². The smallest absolute Gasteiger partial charge is 0.188 e. The summed E-state index contributed by atoms with van der Waals surface area (Å²) in [4.78, 5) is 4.18. The molecule has 0 saturated heterocycles. The third-order valence-corrected chi connectivity index (χ3v) is 2.70. The normalized spacial score (nSPS) is 11.9. The molecule has 0 spiro atoms. The lowest BCUT2D eigenvalue weighted by Crippen LogP contribution is -2.32. The fourth-order valence-corrected chi connectivity index (χ4v) is 1.46. The number of aliphatic imine (C=N–C) groups is 1. The summed E-state index contributed by atoms with van der Waals surface area (Å²) < 4.78 is 13.3. The van der Waals surface area contributed by atoms with E-state index in [-0.39, 0.29) is 5.82 Å². The van der Waals surface area contributed by atoms with Crippen molar-refractivity contribution in [1.29, 1.82) is 0 Å². The Morgan fingerprint density at radius 1 is 1.44 bits per heavy atom. The summed E-state index contributed by atoms with van der Waals surface area (Å²) in [5.74, 6) is 0.849. The van der Waals surface area contributed by atoms with Gasteiger partial charge in [0.1, 0.15) is 5.82 Å². The van der Waals surface area contributed by atoms with Gasteiger partial charge in [-0.3, -0.25) is 0 Å². The first kappa shape index (κ1) is 14.5. The van der Waals surface area contributed by atoms with E-state index in [0.29, 0.717) is 24.0 Å². The fourth-order valence-electron chi connectivity index (χ4n) is 1.46. The Morgan fingerprint density at radius 2 is 2.17 bits per heavy atom. The molecule has 0 bridgehead atoms. The molecule has 0 unspecified atom stereocenters. The van der Waals surface area contributed by atoms with Crippen LogP contribution in [0.25, 0.3) is 0 Å². The van der Waals surface area contributed by atoms with Crippen LogP contribution in [0.5, 0.6) is 0 Å². The molecule has 0 atom stereocenters. The van der Waals surface area contributed by atoms with E-state index in [9.17, 15) is 4.39 Å². The van der Waals surface area contributed by atoms with Gasteiger partial charge in [0, 0.05) is 6.54 Å². The van der Waals surface area contributed by atoms with Crippen molar-refractivity contribution in [2.75, 3.05) is 6.54 Å². The van der Waals surface area contributed by atoms with Crippen LogP contribution in [0.4, 0.5) is 4.39 Å². The van der Waals surface area contributed by atoms with Gasteiger partial charge >= 0.3 is 0 Å². The van der Waals surface area contributed by atoms with Gasteiger partial charge in [-0.25, -0.2) is 9.38 Å². The lowest BCUT2D eigenvalue weighted by atomic mass is 10.1. The molecule has 0 heterocycles. The molecule has 1 aromatic rings. The standard InChI is InChI=1S/C14H22FN3/c1-10(2)6-7-17-14(16)18-9-12-5-4-11(3)13(15)8-12/h4-5,8,10H,6-7,9H2,1-3H3,(H3,16,17,18). The summed E-state index contributed by atoms with van der Waals surface area (Å²) in [5, 5.41) is 3.04. The molecule has 100 valence electrons. The van der Waals surface area contributed by atoms with Gasteiger partial charge in [0.25, 0.3) is 0 Å². The SMILES string of the molecule is Cc1ccc(CN=C(N)NCCC(C)C)cc1F. The van der Waals surface area contributed by atoms with E-state index < -0.39 is 0 Å². The Balaban J connectivity index is 2.44. The molecule has 0 amide bonds. The first-order valence-electron chi connectivity index (χ1n) is 6.28. The van der Waals surface area contributed by atoms with E-state index in [0.717, 1.165) is 18.5 Å². The lowest BCUT2D eigenvalue weighted by molar-refractivity contribution is 0.576. The van der Waals surface area contributed by atoms with E-state index in [4.69, 9.17) is 5.73 Å². The Kier molecular flexibility index (Phi) is 5.62. The zero-order chi connectivity index (χ0) is 13.5. The first-order valence-corrected chi connectivity index (χ1v) is 6.28. The molecule has 0 aliphatic carbocycles. The highest BCUT2D eigenvalue weighted by molar-refractivity contribution is 5.77. The second-order valence-electron chi connectivity index (χ2n) is 4.89. The Bertz CT molecular complexity index is 414. The molecule has 3 N–H and O–H groups in total. The molecule has 0 aromatic heterocycles. The summed E-state index contributed by atoms with van der Waals surface area (Å²) in [6.45, 7) is 7.27. The van der Waals surface area contributed by atoms with Crippen LogP contribution in [0.2, 0.25) is 0 Å². The van der Waals surface area contributed by atoms with E-state index >= 15 is 0 Å². The summed E-state index contributed by atoms with van der Waals surface area (Å²) >= 11 is 0. The van der Waals surface area contributed by atoms with Crippen LogP contribution in [0.1, 0.15) is 31.4 Å². The molecule has 0 fully saturated rings. The molecule has 0 aliphatic rings. The molecular weight excluding hydrogens is 229 g/mol. The predicted octanol–water partition coefficient (Wildman–Crippen LogP) is 2.58. The van der Waals surface area contributed by atoms with Gasteiger partial charge in [-0.1, -0.05) is 26.0 Å². The van der Waals surface area contributed by atoms with Crippen LogP contribution in [-0.4, -0.2) is 12.5 Å². The molecular formula is C14H22FN3. The van der Waals surface area contributed by atoms with Crippen LogP contribution >= 0.6 is 0 Å². The van der Waals surface area contributed by atoms with Crippen molar-refractivity contribution in [1.82, 2.24) is 5.32 Å². The van der Waals surface area contributed by atoms with Crippen molar-refractivity contribution in [3.05, 3.63) is 35.1 Å². The van der Waals surface area contributed by atoms with E-state index in [2.05, 4.69) is 24.2 Å². The molecule has 18 heavy (non-hydrogen) atoms. The highest BCUT2D eigenvalue weighted by Gasteiger charge is 1.99. The molecule has 1 rings (SSSR count). The summed E-state index contributed by atoms with van der Waals surface area (Å²) in [5.41, 5.74) is 7.19. The van der Waals surface area contributed by atoms with Gasteiger partial charge in [0.15, 0.2) is 5.96 Å². The fraction of sp³-hybridized carbons (Fsp3) is 0.500. The van der Waals surface area contributed by atoms with E-state index in [1.807, 2.05) is 6.07 Å². The van der Waals surface area contributed by atoms with E-state index in [1.54, 1.807) is 13.0 Å². The zero-order valence-electron chi connectivity index (χ0n) is 11.3. The highest BCUT2D eigenvalue weighted by atomic mass is 19.1. The number of nitrogens with two attached hydrogens (primary N) is 1. The minimum absolute atomic E-state index is 0.200. The van der Waals surface area contributed by atoms with Crippen molar-refractivity contribution in [3.8, 4) is 0 Å². The quantitative estimate of drug-likeness (QED) is 0.624. The largest absolute Gasteiger partial charge is 0.370 e. The van der Waals surface area contributed by atoms with Crippen LogP contribution < -0.4 is 11.1 Å². The Hall–Kier alpha value is -1.58. The van der Waals surface area contributed by atoms with Crippen LogP contribution in [-0.2, 0) is 6.54 Å². The first-order chi connectivity index (χ1) is 8.49. The minimum Gasteiger partial charge on any atom is -0.370 e. The number of hydrogen-bond acceptors (Lipinski definition) is 1. The number of nitrogens with zero attached hydrogens (tertiary/aromatic N) is 1. The third kappa shape index (κ3) is 5.17. The number of nitrogens with one attached hydrogen (secondary N) is 1. The van der Waals surface area contributed by atoms with Crippen LogP contribution in [0.3, 0.4) is 0 Å². The molecule has 0 radical (unpaired) electrons. The second kappa shape index (κ2) is 6.99. The number of benzene rings is 1. The van der Waals surface area contributed by atoms with Gasteiger partial charge in [0.05, 0.1) is 6.54 Å². The number of rotatable bonds is 5. The number of hydrogen-bond donors (Lipinski definition) is 2. The Morgan fingerprint density at radius 3 is 2.78 bits per heavy atom. The summed E-state index contributed by atoms with van der Waals surface area (Å²) in [7, 11) is 0. The Labute approximate surface area is 108 Å². The van der Waals surface area contributed by atoms with Crippen molar-refractivity contribution in [2.45, 2.75) is 33.7 Å². The zero-order valence-corrected chi connectivity index (χ0v) is 11.3. The van der Waals surface area contributed by atoms with Crippen molar-refractivity contribution in [3.63, 3.8) is 0 Å². The maximum absolute atomic E-state index is 13.3. The molecule has 0 aliphatic heterocycles. The number of guanidine groups is 1. The topological polar surface area (TPSA) is 50.4 Å². The molecule has 3 nitrogen and oxygen atoms in total. The maximum Gasteiger partial charge on any atom is 0.188 e. The number of halogens is 1. The lowest BCUT2D eigenvalue weighted by Gasteiger charge is -2.07. The van der Waals surface area contributed by atoms with Crippen molar-refractivity contribution in [2.24, 2.45) is 16.6 Å². The van der Waals surface area contributed by atoms with Gasteiger partial charge in [-0.15, -0.1) is 0 Å². The van der Waals surface area contributed by atoms with Gasteiger partial charge in [-0.2, -0.15) is 0 Å². The van der Waals surface area contributed by atoms with Crippen LogP contribution in [0.15, 0.2) is 23.2 Å².